The summed E-state index contributed by atoms with van der Waals surface area (Å²) in [5.74, 6) is 1.33. The molecule has 2 aromatic rings. The average Bonchev–Trinajstić information content (AvgIpc) is 3.44. The van der Waals surface area contributed by atoms with Crippen molar-refractivity contribution in [1.29, 1.82) is 0 Å². The third-order valence-corrected chi connectivity index (χ3v) is 6.15. The van der Waals surface area contributed by atoms with E-state index < -0.39 is 0 Å². The molecule has 1 aromatic heterocycles. The van der Waals surface area contributed by atoms with Crippen molar-refractivity contribution < 1.29 is 14.3 Å². The molecule has 1 aromatic carbocycles. The predicted molar refractivity (Wildman–Crippen MR) is 102 cm³/mol. The lowest BCUT2D eigenvalue weighted by atomic mass is 9.97. The topological polar surface area (TPSA) is 84.4 Å². The number of piperidine rings is 1. The van der Waals surface area contributed by atoms with Crippen LogP contribution < -0.4 is 10.1 Å². The highest BCUT2D eigenvalue weighted by Gasteiger charge is 2.35. The fourth-order valence-electron chi connectivity index (χ4n) is 3.29. The van der Waals surface area contributed by atoms with Gasteiger partial charge in [-0.25, -0.2) is 0 Å². The molecule has 0 unspecified atom stereocenters. The Hall–Kier alpha value is -2.48. The first kappa shape index (κ1) is 17.9. The molecular formula is C19H22N4O3S. The second kappa shape index (κ2) is 7.64. The molecule has 2 amide bonds. The Balaban J connectivity index is 1.33. The fourth-order valence-corrected chi connectivity index (χ4v) is 4.19. The Labute approximate surface area is 161 Å². The third-order valence-electron chi connectivity index (χ3n) is 5.07. The van der Waals surface area contributed by atoms with E-state index in [9.17, 15) is 9.59 Å². The smallest absolute Gasteiger partial charge is 0.286 e. The molecule has 1 aliphatic carbocycles. The number of carbonyl (C=O) groups is 2. The molecule has 0 radical (unpaired) electrons. The molecule has 0 spiro atoms. The number of carbonyl (C=O) groups excluding carboxylic acids is 2. The molecule has 7 nitrogen and oxygen atoms in total. The summed E-state index contributed by atoms with van der Waals surface area (Å²) < 4.78 is 5.11. The van der Waals surface area contributed by atoms with E-state index in [0.29, 0.717) is 16.6 Å². The second-order valence-electron chi connectivity index (χ2n) is 7.00. The van der Waals surface area contributed by atoms with Crippen LogP contribution in [0.3, 0.4) is 0 Å². The van der Waals surface area contributed by atoms with E-state index in [4.69, 9.17) is 4.74 Å². The van der Waals surface area contributed by atoms with Crippen molar-refractivity contribution >= 4 is 28.8 Å². The van der Waals surface area contributed by atoms with Gasteiger partial charge in [-0.1, -0.05) is 11.3 Å². The summed E-state index contributed by atoms with van der Waals surface area (Å²) in [5, 5.41) is 12.4. The van der Waals surface area contributed by atoms with Crippen LogP contribution in [0.5, 0.6) is 5.75 Å². The van der Waals surface area contributed by atoms with Crippen molar-refractivity contribution in [2.45, 2.75) is 31.6 Å². The van der Waals surface area contributed by atoms with Gasteiger partial charge in [0.15, 0.2) is 0 Å². The molecule has 27 heavy (non-hydrogen) atoms. The molecular weight excluding hydrogens is 364 g/mol. The molecule has 142 valence electrons. The van der Waals surface area contributed by atoms with Gasteiger partial charge in [0.05, 0.1) is 7.11 Å². The zero-order valence-electron chi connectivity index (χ0n) is 15.2. The first-order valence-electron chi connectivity index (χ1n) is 9.21. The summed E-state index contributed by atoms with van der Waals surface area (Å²) in [4.78, 5) is 26.5. The number of hydrogen-bond donors (Lipinski definition) is 1. The molecule has 8 heteroatoms. The summed E-state index contributed by atoms with van der Waals surface area (Å²) >= 11 is 1.34. The van der Waals surface area contributed by atoms with Crippen LogP contribution in [-0.4, -0.2) is 47.1 Å². The van der Waals surface area contributed by atoms with Crippen molar-refractivity contribution in [2.75, 3.05) is 25.5 Å². The van der Waals surface area contributed by atoms with E-state index in [2.05, 4.69) is 15.5 Å². The molecule has 1 saturated heterocycles. The lowest BCUT2D eigenvalue weighted by Crippen LogP contribution is -2.38. The van der Waals surface area contributed by atoms with Crippen molar-refractivity contribution in [3.8, 4) is 5.75 Å². The molecule has 1 saturated carbocycles. The van der Waals surface area contributed by atoms with Gasteiger partial charge in [0.1, 0.15) is 10.8 Å². The minimum absolute atomic E-state index is 0.259. The standard InChI is InChI=1S/C19H22N4O3S/c1-26-15-6-4-14(5-7-15)20-16(24)18-22-21-17(27-18)12-8-10-23(11-9-12)19(25)13-2-3-13/h4-7,12-13H,2-3,8-11H2,1H3,(H,20,24). The minimum Gasteiger partial charge on any atom is -0.497 e. The fraction of sp³-hybridized carbons (Fsp3) is 0.474. The summed E-state index contributed by atoms with van der Waals surface area (Å²) in [5.41, 5.74) is 0.685. The Morgan fingerprint density at radius 2 is 1.81 bits per heavy atom. The van der Waals surface area contributed by atoms with Gasteiger partial charge >= 0.3 is 0 Å². The van der Waals surface area contributed by atoms with E-state index in [1.165, 1.54) is 11.3 Å². The maximum absolute atomic E-state index is 12.4. The van der Waals surface area contributed by atoms with Crippen molar-refractivity contribution in [2.24, 2.45) is 5.92 Å². The summed E-state index contributed by atoms with van der Waals surface area (Å²) in [6.07, 6.45) is 3.85. The number of methoxy groups -OCH3 is 1. The Morgan fingerprint density at radius 1 is 1.11 bits per heavy atom. The molecule has 0 bridgehead atoms. The maximum Gasteiger partial charge on any atom is 0.286 e. The lowest BCUT2D eigenvalue weighted by Gasteiger charge is -2.31. The Morgan fingerprint density at radius 3 is 2.44 bits per heavy atom. The van der Waals surface area contributed by atoms with Gasteiger partial charge in [-0.2, -0.15) is 0 Å². The van der Waals surface area contributed by atoms with Crippen molar-refractivity contribution in [3.63, 3.8) is 0 Å². The van der Waals surface area contributed by atoms with Crippen LogP contribution in [0.25, 0.3) is 0 Å². The van der Waals surface area contributed by atoms with Gasteiger partial charge in [0, 0.05) is 30.6 Å². The van der Waals surface area contributed by atoms with E-state index in [-0.39, 0.29) is 17.7 Å². The van der Waals surface area contributed by atoms with Gasteiger partial charge < -0.3 is 15.0 Å². The van der Waals surface area contributed by atoms with E-state index in [0.717, 1.165) is 49.5 Å². The van der Waals surface area contributed by atoms with Gasteiger partial charge in [-0.15, -0.1) is 10.2 Å². The monoisotopic (exact) mass is 386 g/mol. The number of benzene rings is 1. The normalized spacial score (nSPS) is 17.6. The highest BCUT2D eigenvalue weighted by atomic mass is 32.1. The number of nitrogens with one attached hydrogen (secondary N) is 1. The van der Waals surface area contributed by atoms with Crippen molar-refractivity contribution in [3.05, 3.63) is 34.3 Å². The molecule has 2 heterocycles. The lowest BCUT2D eigenvalue weighted by molar-refractivity contribution is -0.133. The number of nitrogens with zero attached hydrogens (tertiary/aromatic N) is 3. The van der Waals surface area contributed by atoms with Crippen LogP contribution in [0, 0.1) is 5.92 Å². The van der Waals surface area contributed by atoms with Crippen LogP contribution in [0.4, 0.5) is 5.69 Å². The van der Waals surface area contributed by atoms with Gasteiger partial charge in [0.25, 0.3) is 5.91 Å². The van der Waals surface area contributed by atoms with Crippen molar-refractivity contribution in [1.82, 2.24) is 15.1 Å². The zero-order chi connectivity index (χ0) is 18.8. The molecule has 1 N–H and O–H groups in total. The Kier molecular flexibility index (Phi) is 5.07. The molecule has 2 aliphatic rings. The van der Waals surface area contributed by atoms with E-state index in [1.807, 2.05) is 4.90 Å². The minimum atomic E-state index is -0.259. The molecule has 1 aliphatic heterocycles. The van der Waals surface area contributed by atoms with E-state index in [1.54, 1.807) is 31.4 Å². The number of amides is 2. The number of anilines is 1. The molecule has 4 rings (SSSR count). The average molecular weight is 386 g/mol. The largest absolute Gasteiger partial charge is 0.497 e. The third kappa shape index (κ3) is 4.10. The molecule has 0 atom stereocenters. The first-order valence-corrected chi connectivity index (χ1v) is 10.0. The van der Waals surface area contributed by atoms with Gasteiger partial charge in [-0.3, -0.25) is 9.59 Å². The van der Waals surface area contributed by atoms with Crippen LogP contribution >= 0.6 is 11.3 Å². The number of likely N-dealkylation sites (tertiary alicyclic amines) is 1. The zero-order valence-corrected chi connectivity index (χ0v) is 16.0. The molecule has 2 fully saturated rings. The SMILES string of the molecule is COc1ccc(NC(=O)c2nnc(C3CCN(C(=O)C4CC4)CC3)s2)cc1. The first-order chi connectivity index (χ1) is 13.1. The number of hydrogen-bond acceptors (Lipinski definition) is 6. The van der Waals surface area contributed by atoms with Crippen LogP contribution in [0.1, 0.15) is 46.4 Å². The summed E-state index contributed by atoms with van der Waals surface area (Å²) in [7, 11) is 1.60. The van der Waals surface area contributed by atoms with Crippen LogP contribution in [-0.2, 0) is 4.79 Å². The summed E-state index contributed by atoms with van der Waals surface area (Å²) in [6.45, 7) is 1.54. The Bertz CT molecular complexity index is 824. The second-order valence-corrected chi connectivity index (χ2v) is 8.01. The summed E-state index contributed by atoms with van der Waals surface area (Å²) in [6, 6.07) is 7.15. The number of ether oxygens (including phenoxy) is 1. The van der Waals surface area contributed by atoms with E-state index >= 15 is 0 Å². The quantitative estimate of drug-likeness (QED) is 0.854. The highest BCUT2D eigenvalue weighted by molar-refractivity contribution is 7.13. The highest BCUT2D eigenvalue weighted by Crippen LogP contribution is 2.35. The van der Waals surface area contributed by atoms with Crippen LogP contribution in [0.2, 0.25) is 0 Å². The van der Waals surface area contributed by atoms with Crippen LogP contribution in [0.15, 0.2) is 24.3 Å². The van der Waals surface area contributed by atoms with Gasteiger partial charge in [-0.05, 0) is 49.9 Å². The number of aromatic nitrogens is 2. The number of rotatable bonds is 5. The van der Waals surface area contributed by atoms with Gasteiger partial charge in [0.2, 0.25) is 10.9 Å². The predicted octanol–water partition coefficient (Wildman–Crippen LogP) is 2.92. The maximum atomic E-state index is 12.4.